The van der Waals surface area contributed by atoms with Gasteiger partial charge in [-0.1, -0.05) is 11.6 Å². The summed E-state index contributed by atoms with van der Waals surface area (Å²) >= 11 is 5.66. The second kappa shape index (κ2) is 2.56. The van der Waals surface area contributed by atoms with Crippen molar-refractivity contribution in [2.24, 2.45) is 7.05 Å². The summed E-state index contributed by atoms with van der Waals surface area (Å²) in [6.45, 7) is 0. The fourth-order valence-corrected chi connectivity index (χ4v) is 1.49. The predicted molar refractivity (Wildman–Crippen MR) is 44.6 cm³/mol. The van der Waals surface area contributed by atoms with E-state index in [2.05, 4.69) is 5.21 Å². The first kappa shape index (κ1) is 8.25. The van der Waals surface area contributed by atoms with Crippen molar-refractivity contribution in [3.63, 3.8) is 0 Å². The molecule has 0 aliphatic heterocycles. The quantitative estimate of drug-likeness (QED) is 0.472. The topological polar surface area (TPSA) is 44.8 Å². The van der Waals surface area contributed by atoms with Gasteiger partial charge in [0, 0.05) is 0 Å². The highest BCUT2D eigenvalue weighted by Gasteiger charge is 2.17. The number of rotatable bonds is 0. The Morgan fingerprint density at radius 2 is 2.31 bits per heavy atom. The first-order valence-corrected chi connectivity index (χ1v) is 3.89. The van der Waals surface area contributed by atoms with Gasteiger partial charge in [0.25, 0.3) is 0 Å². The van der Waals surface area contributed by atoms with Gasteiger partial charge >= 0.3 is 0 Å². The van der Waals surface area contributed by atoms with Gasteiger partial charge < -0.3 is 5.21 Å². The van der Waals surface area contributed by atoms with Gasteiger partial charge in [-0.2, -0.15) is 0 Å². The summed E-state index contributed by atoms with van der Waals surface area (Å²) < 4.78 is 14.2. The summed E-state index contributed by atoms with van der Waals surface area (Å²) in [6.07, 6.45) is 0. The molecule has 2 aromatic rings. The van der Waals surface area contributed by atoms with Crippen LogP contribution in [-0.4, -0.2) is 9.90 Å². The lowest BCUT2D eigenvalue weighted by molar-refractivity contribution is -0.646. The van der Waals surface area contributed by atoms with Crippen molar-refractivity contribution < 1.29 is 9.24 Å². The van der Waals surface area contributed by atoms with E-state index in [9.17, 15) is 9.60 Å². The maximum Gasteiger partial charge on any atom is 0.219 e. The SMILES string of the molecule is Cn1n[n+]([O-])c2ccc(F)c(Cl)c21. The molecule has 1 aromatic carbocycles. The molecule has 0 atom stereocenters. The van der Waals surface area contributed by atoms with Gasteiger partial charge in [-0.15, -0.1) is 9.53 Å². The van der Waals surface area contributed by atoms with Crippen LogP contribution in [0.3, 0.4) is 0 Å². The van der Waals surface area contributed by atoms with E-state index in [4.69, 9.17) is 11.6 Å². The van der Waals surface area contributed by atoms with Crippen molar-refractivity contribution in [1.29, 1.82) is 0 Å². The van der Waals surface area contributed by atoms with Gasteiger partial charge in [-0.25, -0.2) is 4.39 Å². The number of nitrogens with zero attached hydrogens (tertiary/aromatic N) is 3. The Hall–Kier alpha value is -1.36. The molecule has 1 aromatic heterocycles. The van der Waals surface area contributed by atoms with Gasteiger partial charge in [-0.3, -0.25) is 0 Å². The van der Waals surface area contributed by atoms with Gasteiger partial charge in [-0.05, 0) is 12.1 Å². The minimum Gasteiger partial charge on any atom is -0.691 e. The molecule has 0 N–H and O–H groups in total. The summed E-state index contributed by atoms with van der Waals surface area (Å²) in [7, 11) is 1.53. The van der Waals surface area contributed by atoms with Crippen LogP contribution in [0.25, 0.3) is 11.0 Å². The lowest BCUT2D eigenvalue weighted by atomic mass is 10.3. The van der Waals surface area contributed by atoms with Gasteiger partial charge in [0.05, 0.1) is 5.21 Å². The number of benzene rings is 1. The monoisotopic (exact) mass is 201 g/mol. The summed E-state index contributed by atoms with van der Waals surface area (Å²) in [4.78, 5) is 0.403. The molecule has 0 fully saturated rings. The molecule has 0 aliphatic carbocycles. The van der Waals surface area contributed by atoms with E-state index >= 15 is 0 Å². The second-order valence-corrected chi connectivity index (χ2v) is 2.99. The average molecular weight is 202 g/mol. The third kappa shape index (κ3) is 1.04. The van der Waals surface area contributed by atoms with Gasteiger partial charge in [0.1, 0.15) is 17.9 Å². The van der Waals surface area contributed by atoms with E-state index in [1.165, 1.54) is 17.8 Å². The van der Waals surface area contributed by atoms with Crippen molar-refractivity contribution in [3.05, 3.63) is 28.2 Å². The van der Waals surface area contributed by atoms with E-state index in [1.807, 2.05) is 0 Å². The van der Waals surface area contributed by atoms with Crippen LogP contribution in [0.5, 0.6) is 0 Å². The Morgan fingerprint density at radius 3 is 3.00 bits per heavy atom. The maximum absolute atomic E-state index is 13.0. The number of hydrogen-bond donors (Lipinski definition) is 0. The molecule has 4 nitrogen and oxygen atoms in total. The number of fused-ring (bicyclic) bond motifs is 1. The highest BCUT2D eigenvalue weighted by molar-refractivity contribution is 6.34. The van der Waals surface area contributed by atoms with Crippen LogP contribution in [0, 0.1) is 11.0 Å². The zero-order chi connectivity index (χ0) is 9.59. The Morgan fingerprint density at radius 1 is 1.62 bits per heavy atom. The van der Waals surface area contributed by atoms with E-state index in [0.29, 0.717) is 10.4 Å². The molecule has 0 saturated carbocycles. The first-order valence-electron chi connectivity index (χ1n) is 3.52. The molecule has 0 amide bonds. The molecule has 6 heteroatoms. The fourth-order valence-electron chi connectivity index (χ4n) is 1.21. The average Bonchev–Trinajstić information content (AvgIpc) is 2.35. The smallest absolute Gasteiger partial charge is 0.219 e. The zero-order valence-electron chi connectivity index (χ0n) is 6.66. The molecule has 0 radical (unpaired) electrons. The van der Waals surface area contributed by atoms with Crippen molar-refractivity contribution in [3.8, 4) is 0 Å². The summed E-state index contributed by atoms with van der Waals surface area (Å²) in [5.74, 6) is -0.558. The number of halogens is 2. The van der Waals surface area contributed by atoms with Crippen LogP contribution in [-0.2, 0) is 7.05 Å². The van der Waals surface area contributed by atoms with E-state index < -0.39 is 5.82 Å². The lowest BCUT2D eigenvalue weighted by Crippen LogP contribution is -2.29. The molecular formula is C7H5ClFN3O. The van der Waals surface area contributed by atoms with Crippen molar-refractivity contribution in [2.45, 2.75) is 0 Å². The van der Waals surface area contributed by atoms with Crippen LogP contribution >= 0.6 is 11.6 Å². The Bertz CT molecular complexity index is 482. The van der Waals surface area contributed by atoms with E-state index in [1.54, 1.807) is 0 Å². The highest BCUT2D eigenvalue weighted by Crippen LogP contribution is 2.23. The van der Waals surface area contributed by atoms with E-state index in [-0.39, 0.29) is 10.5 Å². The zero-order valence-corrected chi connectivity index (χ0v) is 7.42. The molecule has 0 unspecified atom stereocenters. The second-order valence-electron chi connectivity index (χ2n) is 2.62. The largest absolute Gasteiger partial charge is 0.691 e. The minimum atomic E-state index is -0.558. The number of hydrogen-bond acceptors (Lipinski definition) is 2. The Labute approximate surface area is 77.7 Å². The molecule has 0 saturated heterocycles. The first-order chi connectivity index (χ1) is 6.11. The van der Waals surface area contributed by atoms with Crippen molar-refractivity contribution in [2.75, 3.05) is 0 Å². The molecule has 2 rings (SSSR count). The van der Waals surface area contributed by atoms with Crippen LogP contribution < -0.4 is 4.85 Å². The molecule has 1 heterocycles. The molecule has 0 bridgehead atoms. The number of aromatic nitrogens is 3. The van der Waals surface area contributed by atoms with Crippen LogP contribution in [0.2, 0.25) is 5.02 Å². The molecule has 68 valence electrons. The van der Waals surface area contributed by atoms with Crippen molar-refractivity contribution >= 4 is 22.6 Å². The lowest BCUT2D eigenvalue weighted by Gasteiger charge is -1.93. The van der Waals surface area contributed by atoms with Gasteiger partial charge in [0.2, 0.25) is 11.0 Å². The normalized spacial score (nSPS) is 11.0. The molecule has 0 spiro atoms. The maximum atomic E-state index is 13.0. The predicted octanol–water partition coefficient (Wildman–Crippen LogP) is 0.999. The summed E-state index contributed by atoms with van der Waals surface area (Å²) in [5, 5.41) is 14.5. The van der Waals surface area contributed by atoms with Crippen LogP contribution in [0.1, 0.15) is 0 Å². The third-order valence-electron chi connectivity index (χ3n) is 1.79. The fraction of sp³-hybridized carbons (Fsp3) is 0.143. The molecule has 13 heavy (non-hydrogen) atoms. The van der Waals surface area contributed by atoms with E-state index in [0.717, 1.165) is 6.07 Å². The summed E-state index contributed by atoms with van der Waals surface area (Å²) in [6, 6.07) is 2.48. The molecule has 0 aliphatic rings. The van der Waals surface area contributed by atoms with Crippen molar-refractivity contribution in [1.82, 2.24) is 9.90 Å². The third-order valence-corrected chi connectivity index (χ3v) is 2.15. The van der Waals surface area contributed by atoms with Crippen LogP contribution in [0.15, 0.2) is 12.1 Å². The Balaban J connectivity index is 2.98. The standard InChI is InChI=1S/C7H5ClFN3O/c1-11-7-5(12(13)10-11)3-2-4(9)6(7)8/h2-3H,1H3. The summed E-state index contributed by atoms with van der Waals surface area (Å²) in [5.41, 5.74) is 0.561. The van der Waals surface area contributed by atoms with Crippen LogP contribution in [0.4, 0.5) is 4.39 Å². The molecular weight excluding hydrogens is 197 g/mol. The Kier molecular flexibility index (Phi) is 1.63. The highest BCUT2D eigenvalue weighted by atomic mass is 35.5. The minimum absolute atomic E-state index is 0.0814. The van der Waals surface area contributed by atoms with Gasteiger partial charge in [0.15, 0.2) is 0 Å². The number of aryl methyl sites for hydroxylation is 1.